The van der Waals surface area contributed by atoms with Gasteiger partial charge in [-0.25, -0.2) is 10.8 Å². The molecule has 2 heterocycles. The number of fused-ring (bicyclic) bond motifs is 1. The number of aromatic nitrogens is 3. The van der Waals surface area contributed by atoms with Crippen LogP contribution in [0.4, 0.5) is 0 Å². The third-order valence-electron chi connectivity index (χ3n) is 5.70. The lowest BCUT2D eigenvalue weighted by molar-refractivity contribution is 0.0953. The maximum Gasteiger partial charge on any atom is 0.265 e. The first-order valence-electron chi connectivity index (χ1n) is 10.9. The quantitative estimate of drug-likeness (QED) is 0.223. The Kier molecular flexibility index (Phi) is 5.76. The number of amides is 1. The highest BCUT2D eigenvalue weighted by atomic mass is 16.5. The van der Waals surface area contributed by atoms with Crippen LogP contribution in [0.5, 0.6) is 5.75 Å². The van der Waals surface area contributed by atoms with Gasteiger partial charge in [0.25, 0.3) is 5.91 Å². The van der Waals surface area contributed by atoms with E-state index >= 15 is 0 Å². The third-order valence-corrected chi connectivity index (χ3v) is 5.70. The number of aromatic amines is 1. The number of nitrogen functional groups attached to an aromatic ring is 1. The molecule has 4 aromatic rings. The molecule has 1 unspecified atom stereocenters. The number of nitrogens with two attached hydrogens (primary N) is 1. The van der Waals surface area contributed by atoms with Crippen LogP contribution in [0.1, 0.15) is 22.5 Å². The van der Waals surface area contributed by atoms with E-state index in [1.54, 1.807) is 24.3 Å². The summed E-state index contributed by atoms with van der Waals surface area (Å²) in [6.07, 6.45) is 10.8. The minimum Gasteiger partial charge on any atom is -0.486 e. The van der Waals surface area contributed by atoms with Gasteiger partial charge in [0, 0.05) is 17.5 Å². The second kappa shape index (κ2) is 9.17. The molecule has 168 valence electrons. The number of hydrogen-bond donors (Lipinski definition) is 3. The van der Waals surface area contributed by atoms with Crippen LogP contribution in [0.25, 0.3) is 39.5 Å². The lowest BCUT2D eigenvalue weighted by Gasteiger charge is -2.16. The molecule has 0 saturated carbocycles. The number of ether oxygens (including phenoxy) is 1. The second-order valence-corrected chi connectivity index (χ2v) is 7.88. The fourth-order valence-corrected chi connectivity index (χ4v) is 4.01. The molecule has 0 fully saturated rings. The molecule has 0 spiro atoms. The predicted molar refractivity (Wildman–Crippen MR) is 134 cm³/mol. The summed E-state index contributed by atoms with van der Waals surface area (Å²) < 4.78 is 6.07. The lowest BCUT2D eigenvalue weighted by Crippen LogP contribution is -2.29. The van der Waals surface area contributed by atoms with Gasteiger partial charge in [-0.15, -0.1) is 0 Å². The summed E-state index contributed by atoms with van der Waals surface area (Å²) in [5.74, 6) is 5.74. The van der Waals surface area contributed by atoms with Crippen molar-refractivity contribution in [3.8, 4) is 28.1 Å². The van der Waals surface area contributed by atoms with Gasteiger partial charge in [-0.2, -0.15) is 5.10 Å². The number of H-pyrrole nitrogens is 1. The van der Waals surface area contributed by atoms with Crippen molar-refractivity contribution in [2.75, 3.05) is 0 Å². The van der Waals surface area contributed by atoms with Crippen molar-refractivity contribution in [3.63, 3.8) is 0 Å². The molecular weight excluding hydrogens is 426 g/mol. The van der Waals surface area contributed by atoms with E-state index in [-0.39, 0.29) is 12.0 Å². The molecule has 4 N–H and O–H groups in total. The molecule has 1 atom stereocenters. The third kappa shape index (κ3) is 4.12. The van der Waals surface area contributed by atoms with E-state index in [1.165, 1.54) is 0 Å². The van der Waals surface area contributed by atoms with E-state index in [4.69, 9.17) is 15.6 Å². The summed E-state index contributed by atoms with van der Waals surface area (Å²) >= 11 is 0. The predicted octanol–water partition coefficient (Wildman–Crippen LogP) is 4.80. The van der Waals surface area contributed by atoms with Crippen LogP contribution in [0.2, 0.25) is 0 Å². The van der Waals surface area contributed by atoms with Crippen molar-refractivity contribution in [1.29, 1.82) is 0 Å². The summed E-state index contributed by atoms with van der Waals surface area (Å²) in [6.45, 7) is 3.90. The summed E-state index contributed by atoms with van der Waals surface area (Å²) in [5, 5.41) is 8.27. The van der Waals surface area contributed by atoms with Crippen LogP contribution in [-0.2, 0) is 0 Å². The molecule has 1 aliphatic rings. The topological polar surface area (TPSA) is 106 Å². The first-order chi connectivity index (χ1) is 16.7. The van der Waals surface area contributed by atoms with Gasteiger partial charge in [0.15, 0.2) is 5.65 Å². The van der Waals surface area contributed by atoms with E-state index in [0.29, 0.717) is 16.9 Å². The van der Waals surface area contributed by atoms with E-state index in [9.17, 15) is 4.79 Å². The van der Waals surface area contributed by atoms with Gasteiger partial charge >= 0.3 is 0 Å². The van der Waals surface area contributed by atoms with Crippen molar-refractivity contribution in [2.24, 2.45) is 5.84 Å². The Morgan fingerprint density at radius 1 is 1.15 bits per heavy atom. The summed E-state index contributed by atoms with van der Waals surface area (Å²) in [5.41, 5.74) is 7.38. The zero-order valence-corrected chi connectivity index (χ0v) is 18.4. The molecule has 7 nitrogen and oxygen atoms in total. The van der Waals surface area contributed by atoms with Gasteiger partial charge < -0.3 is 4.74 Å². The van der Waals surface area contributed by atoms with Gasteiger partial charge in [0.2, 0.25) is 0 Å². The first kappa shape index (κ1) is 21.4. The second-order valence-electron chi connectivity index (χ2n) is 7.88. The Hall–Kier alpha value is -4.49. The molecule has 5 rings (SSSR count). The van der Waals surface area contributed by atoms with Crippen molar-refractivity contribution in [3.05, 3.63) is 96.7 Å². The standard InChI is InChI=1S/C27H23N5O2/c1-2-23-25-22(17-11-13-21(14-12-17)34-20-9-4-3-5-10-20)16-24(29-26(25)32-31-23)18-7-6-8-19(15-18)27(33)30-28/h2-9,11-16,20H,1,10,28H2,(H,30,33)(H,29,31,32). The minimum absolute atomic E-state index is 0.0364. The molecule has 7 heteroatoms. The van der Waals surface area contributed by atoms with Crippen LogP contribution in [0, 0.1) is 0 Å². The van der Waals surface area contributed by atoms with Crippen LogP contribution in [0.3, 0.4) is 0 Å². The lowest BCUT2D eigenvalue weighted by atomic mass is 9.98. The number of hydrogen-bond acceptors (Lipinski definition) is 5. The molecular formula is C27H23N5O2. The minimum atomic E-state index is -0.365. The van der Waals surface area contributed by atoms with Crippen LogP contribution < -0.4 is 16.0 Å². The number of nitrogens with one attached hydrogen (secondary N) is 2. The maximum absolute atomic E-state index is 12.0. The average Bonchev–Trinajstić information content (AvgIpc) is 3.32. The van der Waals surface area contributed by atoms with E-state index in [0.717, 1.165) is 39.9 Å². The van der Waals surface area contributed by atoms with Gasteiger partial charge in [0.05, 0.1) is 16.8 Å². The SMILES string of the molecule is C=Cc1[nH]nc2nc(-c3cccc(C(=O)NN)c3)cc(-c3ccc(OC4C=CC=CC4)cc3)c12. The highest BCUT2D eigenvalue weighted by Gasteiger charge is 2.16. The Morgan fingerprint density at radius 2 is 2.00 bits per heavy atom. The highest BCUT2D eigenvalue weighted by molar-refractivity contribution is 6.00. The van der Waals surface area contributed by atoms with Crippen molar-refractivity contribution < 1.29 is 9.53 Å². The maximum atomic E-state index is 12.0. The molecule has 0 radical (unpaired) electrons. The summed E-state index contributed by atoms with van der Waals surface area (Å²) in [4.78, 5) is 16.7. The molecule has 2 aromatic heterocycles. The Bertz CT molecular complexity index is 1430. The van der Waals surface area contributed by atoms with Crippen LogP contribution in [0.15, 0.2) is 85.5 Å². The Morgan fingerprint density at radius 3 is 2.74 bits per heavy atom. The van der Waals surface area contributed by atoms with Crippen molar-refractivity contribution in [2.45, 2.75) is 12.5 Å². The van der Waals surface area contributed by atoms with E-state index in [1.807, 2.05) is 54.6 Å². The molecule has 1 amide bonds. The zero-order valence-electron chi connectivity index (χ0n) is 18.4. The molecule has 34 heavy (non-hydrogen) atoms. The number of hydrazine groups is 1. The average molecular weight is 450 g/mol. The van der Waals surface area contributed by atoms with E-state index < -0.39 is 0 Å². The van der Waals surface area contributed by atoms with Gasteiger partial charge in [-0.05, 0) is 53.6 Å². The molecule has 0 aliphatic heterocycles. The largest absolute Gasteiger partial charge is 0.486 e. The van der Waals surface area contributed by atoms with Gasteiger partial charge in [0.1, 0.15) is 11.9 Å². The monoisotopic (exact) mass is 449 g/mol. The van der Waals surface area contributed by atoms with Gasteiger partial charge in [-0.1, -0.05) is 49.1 Å². The van der Waals surface area contributed by atoms with Crippen LogP contribution in [-0.4, -0.2) is 27.2 Å². The zero-order chi connectivity index (χ0) is 23.5. The Labute approximate surface area is 196 Å². The molecule has 1 aliphatic carbocycles. The smallest absolute Gasteiger partial charge is 0.265 e. The number of carbonyl (C=O) groups is 1. The van der Waals surface area contributed by atoms with Crippen LogP contribution >= 0.6 is 0 Å². The molecule has 0 saturated heterocycles. The van der Waals surface area contributed by atoms with Crippen molar-refractivity contribution >= 4 is 23.0 Å². The Balaban J connectivity index is 1.57. The fourth-order valence-electron chi connectivity index (χ4n) is 4.01. The normalized spacial score (nSPS) is 14.8. The summed E-state index contributed by atoms with van der Waals surface area (Å²) in [6, 6.07) is 17.1. The number of pyridine rings is 1. The number of allylic oxidation sites excluding steroid dienone is 2. The number of benzene rings is 2. The fraction of sp³-hybridized carbons (Fsp3) is 0.0741. The number of rotatable bonds is 6. The van der Waals surface area contributed by atoms with Crippen molar-refractivity contribution in [1.82, 2.24) is 20.6 Å². The first-order valence-corrected chi connectivity index (χ1v) is 10.9. The van der Waals surface area contributed by atoms with E-state index in [2.05, 4.69) is 28.3 Å². The molecule has 0 bridgehead atoms. The number of nitrogens with zero attached hydrogens (tertiary/aromatic N) is 2. The van der Waals surface area contributed by atoms with Gasteiger partial charge in [-0.3, -0.25) is 15.3 Å². The highest BCUT2D eigenvalue weighted by Crippen LogP contribution is 2.34. The number of carbonyl (C=O) groups excluding carboxylic acids is 1. The molecule has 2 aromatic carbocycles. The summed E-state index contributed by atoms with van der Waals surface area (Å²) in [7, 11) is 0.